The van der Waals surface area contributed by atoms with Crippen molar-refractivity contribution in [3.8, 4) is 5.69 Å². The van der Waals surface area contributed by atoms with Gasteiger partial charge in [0, 0.05) is 12.2 Å². The van der Waals surface area contributed by atoms with Crippen LogP contribution in [-0.2, 0) is 0 Å². The predicted octanol–water partition coefficient (Wildman–Crippen LogP) is 2.74. The van der Waals surface area contributed by atoms with Crippen LogP contribution in [-0.4, -0.2) is 32.9 Å². The van der Waals surface area contributed by atoms with Gasteiger partial charge in [-0.25, -0.2) is 9.07 Å². The summed E-state index contributed by atoms with van der Waals surface area (Å²) in [5.41, 5.74) is 0.754. The maximum atomic E-state index is 13.4. The number of aryl methyl sites for hydroxylation is 1. The molecule has 2 aromatic rings. The third-order valence-corrected chi connectivity index (χ3v) is 4.54. The zero-order valence-corrected chi connectivity index (χ0v) is 13.8. The molecular weight excluding hydrogens is 309 g/mol. The van der Waals surface area contributed by atoms with Crippen molar-refractivity contribution in [3.05, 3.63) is 47.5 Å². The topological polar surface area (TPSA) is 67.2 Å². The lowest BCUT2D eigenvalue weighted by Crippen LogP contribution is -2.44. The first-order chi connectivity index (χ1) is 11.5. The van der Waals surface area contributed by atoms with Crippen molar-refractivity contribution < 1.29 is 14.3 Å². The van der Waals surface area contributed by atoms with Crippen molar-refractivity contribution in [1.29, 1.82) is 0 Å². The number of nitrogens with zero attached hydrogens (tertiary/aromatic N) is 2. The quantitative estimate of drug-likeness (QED) is 0.905. The molecule has 1 heterocycles. The molecule has 0 saturated heterocycles. The van der Waals surface area contributed by atoms with E-state index in [0.29, 0.717) is 18.5 Å². The number of nitrogens with one attached hydrogen (secondary N) is 1. The molecule has 1 aromatic carbocycles. The number of hydrogen-bond acceptors (Lipinski definition) is 3. The second-order valence-corrected chi connectivity index (χ2v) is 6.53. The van der Waals surface area contributed by atoms with Gasteiger partial charge in [-0.05, 0) is 44.0 Å². The number of carbonyl (C=O) groups excluding carboxylic acids is 1. The number of aliphatic hydroxyl groups is 1. The van der Waals surface area contributed by atoms with Crippen LogP contribution in [0.2, 0.25) is 0 Å². The number of aromatic nitrogens is 2. The second kappa shape index (κ2) is 6.73. The average Bonchev–Trinajstić information content (AvgIpc) is 2.95. The summed E-state index contributed by atoms with van der Waals surface area (Å²) in [7, 11) is 0. The van der Waals surface area contributed by atoms with Crippen molar-refractivity contribution in [3.63, 3.8) is 0 Å². The number of amides is 1. The highest BCUT2D eigenvalue weighted by Gasteiger charge is 2.29. The summed E-state index contributed by atoms with van der Waals surface area (Å²) in [6.45, 7) is 2.04. The molecule has 0 bridgehead atoms. The lowest BCUT2D eigenvalue weighted by Gasteiger charge is -2.31. The van der Waals surface area contributed by atoms with Crippen LogP contribution in [0.5, 0.6) is 0 Å². The Hall–Kier alpha value is -2.21. The normalized spacial score (nSPS) is 16.8. The fourth-order valence-electron chi connectivity index (χ4n) is 3.18. The molecule has 0 unspecified atom stereocenters. The number of benzene rings is 1. The zero-order valence-electron chi connectivity index (χ0n) is 13.8. The van der Waals surface area contributed by atoms with Gasteiger partial charge in [0.25, 0.3) is 5.91 Å². The second-order valence-electron chi connectivity index (χ2n) is 6.53. The summed E-state index contributed by atoms with van der Waals surface area (Å²) in [4.78, 5) is 12.3. The molecule has 0 atom stereocenters. The number of halogens is 1. The SMILES string of the molecule is Cc1cc(C(=O)NCC2(O)CCCCC2)nn1-c1cccc(F)c1. The van der Waals surface area contributed by atoms with Crippen molar-refractivity contribution >= 4 is 5.91 Å². The van der Waals surface area contributed by atoms with Gasteiger partial charge in [-0.2, -0.15) is 5.10 Å². The lowest BCUT2D eigenvalue weighted by atomic mass is 9.85. The van der Waals surface area contributed by atoms with Gasteiger partial charge in [0.2, 0.25) is 0 Å². The molecule has 3 rings (SSSR count). The zero-order chi connectivity index (χ0) is 17.2. The Kier molecular flexibility index (Phi) is 4.66. The summed E-state index contributed by atoms with van der Waals surface area (Å²) >= 11 is 0. The van der Waals surface area contributed by atoms with Gasteiger partial charge < -0.3 is 10.4 Å². The molecule has 5 nitrogen and oxygen atoms in total. The summed E-state index contributed by atoms with van der Waals surface area (Å²) in [6, 6.07) is 7.72. The van der Waals surface area contributed by atoms with Crippen molar-refractivity contribution in [2.45, 2.75) is 44.6 Å². The molecule has 128 valence electrons. The molecule has 1 amide bonds. The minimum absolute atomic E-state index is 0.234. The Labute approximate surface area is 140 Å². The molecule has 6 heteroatoms. The molecule has 0 spiro atoms. The van der Waals surface area contributed by atoms with Crippen LogP contribution in [0.1, 0.15) is 48.3 Å². The molecule has 1 aromatic heterocycles. The van der Waals surface area contributed by atoms with Gasteiger partial charge in [-0.3, -0.25) is 4.79 Å². The Morgan fingerprint density at radius 2 is 2.08 bits per heavy atom. The van der Waals surface area contributed by atoms with Gasteiger partial charge in [0.15, 0.2) is 5.69 Å². The van der Waals surface area contributed by atoms with Crippen LogP contribution in [0.4, 0.5) is 4.39 Å². The highest BCUT2D eigenvalue weighted by molar-refractivity contribution is 5.92. The minimum Gasteiger partial charge on any atom is -0.388 e. The lowest BCUT2D eigenvalue weighted by molar-refractivity contribution is 0.00521. The molecular formula is C18H22FN3O2. The first-order valence-electron chi connectivity index (χ1n) is 8.30. The minimum atomic E-state index is -0.811. The molecule has 24 heavy (non-hydrogen) atoms. The standard InChI is InChI=1S/C18H22FN3O2/c1-13-10-16(21-22(13)15-7-5-6-14(19)11-15)17(23)20-12-18(24)8-3-2-4-9-18/h5-7,10-11,24H,2-4,8-9,12H2,1H3,(H,20,23). The van der Waals surface area contributed by atoms with E-state index in [4.69, 9.17) is 0 Å². The van der Waals surface area contributed by atoms with Gasteiger partial charge in [0.05, 0.1) is 11.3 Å². The largest absolute Gasteiger partial charge is 0.388 e. The van der Waals surface area contributed by atoms with Gasteiger partial charge >= 0.3 is 0 Å². The van der Waals surface area contributed by atoms with E-state index in [1.807, 2.05) is 6.92 Å². The molecule has 1 aliphatic carbocycles. The smallest absolute Gasteiger partial charge is 0.271 e. The van der Waals surface area contributed by atoms with E-state index in [-0.39, 0.29) is 24.0 Å². The Morgan fingerprint density at radius 3 is 2.79 bits per heavy atom. The maximum absolute atomic E-state index is 13.4. The molecule has 1 aliphatic rings. The highest BCUT2D eigenvalue weighted by Crippen LogP contribution is 2.27. The molecule has 1 fully saturated rings. The van der Waals surface area contributed by atoms with Crippen LogP contribution in [0.3, 0.4) is 0 Å². The van der Waals surface area contributed by atoms with E-state index in [1.165, 1.54) is 16.8 Å². The van der Waals surface area contributed by atoms with Crippen LogP contribution in [0.25, 0.3) is 5.69 Å². The highest BCUT2D eigenvalue weighted by atomic mass is 19.1. The summed E-state index contributed by atoms with van der Waals surface area (Å²) in [6.07, 6.45) is 4.53. The summed E-state index contributed by atoms with van der Waals surface area (Å²) < 4.78 is 14.9. The van der Waals surface area contributed by atoms with E-state index < -0.39 is 5.60 Å². The molecule has 2 N–H and O–H groups in total. The van der Waals surface area contributed by atoms with Crippen molar-refractivity contribution in [2.75, 3.05) is 6.54 Å². The first-order valence-corrected chi connectivity index (χ1v) is 8.30. The Bertz CT molecular complexity index is 736. The fraction of sp³-hybridized carbons (Fsp3) is 0.444. The van der Waals surface area contributed by atoms with Crippen LogP contribution >= 0.6 is 0 Å². The number of carbonyl (C=O) groups is 1. The van der Waals surface area contributed by atoms with E-state index in [2.05, 4.69) is 10.4 Å². The van der Waals surface area contributed by atoms with Crippen LogP contribution < -0.4 is 5.32 Å². The summed E-state index contributed by atoms with van der Waals surface area (Å²) in [5, 5.41) is 17.5. The Morgan fingerprint density at radius 1 is 1.33 bits per heavy atom. The number of rotatable bonds is 4. The van der Waals surface area contributed by atoms with E-state index in [0.717, 1.165) is 25.0 Å². The predicted molar refractivity (Wildman–Crippen MR) is 88.6 cm³/mol. The molecule has 0 aliphatic heterocycles. The van der Waals surface area contributed by atoms with Crippen LogP contribution in [0, 0.1) is 12.7 Å². The van der Waals surface area contributed by atoms with E-state index in [1.54, 1.807) is 18.2 Å². The Balaban J connectivity index is 1.71. The monoisotopic (exact) mass is 331 g/mol. The van der Waals surface area contributed by atoms with Gasteiger partial charge in [-0.15, -0.1) is 0 Å². The van der Waals surface area contributed by atoms with Crippen LogP contribution in [0.15, 0.2) is 30.3 Å². The fourth-order valence-corrected chi connectivity index (χ4v) is 3.18. The average molecular weight is 331 g/mol. The molecule has 0 radical (unpaired) electrons. The van der Waals surface area contributed by atoms with Gasteiger partial charge in [-0.1, -0.05) is 25.3 Å². The first kappa shape index (κ1) is 16.6. The van der Waals surface area contributed by atoms with Crippen molar-refractivity contribution in [1.82, 2.24) is 15.1 Å². The maximum Gasteiger partial charge on any atom is 0.271 e. The van der Waals surface area contributed by atoms with E-state index >= 15 is 0 Å². The molecule has 1 saturated carbocycles. The third-order valence-electron chi connectivity index (χ3n) is 4.54. The third kappa shape index (κ3) is 3.64. The van der Waals surface area contributed by atoms with Crippen molar-refractivity contribution in [2.24, 2.45) is 0 Å². The summed E-state index contributed by atoms with van der Waals surface area (Å²) in [5.74, 6) is -0.680. The van der Waals surface area contributed by atoms with E-state index in [9.17, 15) is 14.3 Å². The van der Waals surface area contributed by atoms with Gasteiger partial charge in [0.1, 0.15) is 5.82 Å². The number of hydrogen-bond donors (Lipinski definition) is 2.